The SMILES string of the molecule is OCC=Cc1ccc(OCc2coc(-c3ccccc3)n2)c(F)c1. The van der Waals surface area contributed by atoms with E-state index in [0.717, 1.165) is 5.56 Å². The number of hydrogen-bond donors (Lipinski definition) is 1. The highest BCUT2D eigenvalue weighted by atomic mass is 19.1. The van der Waals surface area contributed by atoms with Crippen LogP contribution in [0.5, 0.6) is 5.75 Å². The minimum Gasteiger partial charge on any atom is -0.484 e. The Morgan fingerprint density at radius 3 is 2.75 bits per heavy atom. The number of nitrogens with zero attached hydrogens (tertiary/aromatic N) is 1. The van der Waals surface area contributed by atoms with Crippen LogP contribution in [-0.4, -0.2) is 16.7 Å². The summed E-state index contributed by atoms with van der Waals surface area (Å²) in [4.78, 5) is 4.33. The molecule has 0 spiro atoms. The molecule has 0 unspecified atom stereocenters. The molecular weight excluding hydrogens is 309 g/mol. The first kappa shape index (κ1) is 16.0. The second-order valence-corrected chi connectivity index (χ2v) is 5.07. The van der Waals surface area contributed by atoms with Crippen LogP contribution in [0.3, 0.4) is 0 Å². The molecule has 0 fully saturated rings. The van der Waals surface area contributed by atoms with Crippen LogP contribution in [0.15, 0.2) is 65.3 Å². The van der Waals surface area contributed by atoms with Crippen molar-refractivity contribution in [3.63, 3.8) is 0 Å². The van der Waals surface area contributed by atoms with Gasteiger partial charge in [0.1, 0.15) is 18.6 Å². The predicted molar refractivity (Wildman–Crippen MR) is 88.8 cm³/mol. The smallest absolute Gasteiger partial charge is 0.226 e. The molecule has 3 aromatic rings. The van der Waals surface area contributed by atoms with E-state index in [9.17, 15) is 4.39 Å². The lowest BCUT2D eigenvalue weighted by Crippen LogP contribution is -1.98. The molecule has 0 atom stereocenters. The molecule has 5 heteroatoms. The molecule has 0 saturated heterocycles. The van der Waals surface area contributed by atoms with Crippen LogP contribution in [0.2, 0.25) is 0 Å². The van der Waals surface area contributed by atoms with Gasteiger partial charge in [-0.05, 0) is 29.8 Å². The summed E-state index contributed by atoms with van der Waals surface area (Å²) < 4.78 is 24.9. The highest BCUT2D eigenvalue weighted by Gasteiger charge is 2.09. The number of benzene rings is 2. The molecule has 0 aliphatic rings. The van der Waals surface area contributed by atoms with Crippen molar-refractivity contribution in [3.8, 4) is 17.2 Å². The third kappa shape index (κ3) is 3.88. The molecule has 0 saturated carbocycles. The number of hydrogen-bond acceptors (Lipinski definition) is 4. The Hall–Kier alpha value is -2.92. The zero-order valence-electron chi connectivity index (χ0n) is 12.9. The fourth-order valence-electron chi connectivity index (χ4n) is 2.16. The summed E-state index contributed by atoms with van der Waals surface area (Å²) >= 11 is 0. The lowest BCUT2D eigenvalue weighted by atomic mass is 10.2. The van der Waals surface area contributed by atoms with Gasteiger partial charge in [0.2, 0.25) is 5.89 Å². The van der Waals surface area contributed by atoms with E-state index in [-0.39, 0.29) is 19.0 Å². The van der Waals surface area contributed by atoms with Gasteiger partial charge in [0.05, 0.1) is 6.61 Å². The highest BCUT2D eigenvalue weighted by molar-refractivity contribution is 5.53. The van der Waals surface area contributed by atoms with Crippen LogP contribution in [0.25, 0.3) is 17.5 Å². The van der Waals surface area contributed by atoms with Gasteiger partial charge in [-0.15, -0.1) is 0 Å². The zero-order valence-corrected chi connectivity index (χ0v) is 12.9. The summed E-state index contributed by atoms with van der Waals surface area (Å²) in [5.41, 5.74) is 2.11. The molecule has 1 heterocycles. The van der Waals surface area contributed by atoms with E-state index in [1.165, 1.54) is 18.4 Å². The summed E-state index contributed by atoms with van der Waals surface area (Å²) in [5.74, 6) is 0.168. The Labute approximate surface area is 138 Å². The quantitative estimate of drug-likeness (QED) is 0.742. The average Bonchev–Trinajstić information content (AvgIpc) is 3.09. The van der Waals surface area contributed by atoms with Gasteiger partial charge in [-0.1, -0.05) is 36.4 Å². The maximum Gasteiger partial charge on any atom is 0.226 e. The molecule has 0 bridgehead atoms. The van der Waals surface area contributed by atoms with E-state index in [1.54, 1.807) is 18.2 Å². The number of aliphatic hydroxyl groups is 1. The number of aliphatic hydroxyl groups excluding tert-OH is 1. The molecule has 24 heavy (non-hydrogen) atoms. The van der Waals surface area contributed by atoms with Crippen molar-refractivity contribution in [3.05, 3.63) is 77.9 Å². The first-order chi connectivity index (χ1) is 11.8. The molecule has 122 valence electrons. The van der Waals surface area contributed by atoms with Crippen molar-refractivity contribution in [2.45, 2.75) is 6.61 Å². The fraction of sp³-hybridized carbons (Fsp3) is 0.105. The van der Waals surface area contributed by atoms with Crippen LogP contribution in [0.4, 0.5) is 4.39 Å². The summed E-state index contributed by atoms with van der Waals surface area (Å²) in [6.45, 7) is 0.0227. The third-order valence-electron chi connectivity index (χ3n) is 3.32. The Kier molecular flexibility index (Phi) is 5.03. The number of halogens is 1. The van der Waals surface area contributed by atoms with E-state index < -0.39 is 5.82 Å². The molecule has 4 nitrogen and oxygen atoms in total. The molecule has 2 aromatic carbocycles. The first-order valence-electron chi connectivity index (χ1n) is 7.46. The molecule has 0 aliphatic heterocycles. The van der Waals surface area contributed by atoms with Gasteiger partial charge in [0.25, 0.3) is 0 Å². The lowest BCUT2D eigenvalue weighted by molar-refractivity contribution is 0.285. The summed E-state index contributed by atoms with van der Waals surface area (Å²) in [5, 5.41) is 8.73. The normalized spacial score (nSPS) is 11.1. The largest absolute Gasteiger partial charge is 0.484 e. The van der Waals surface area contributed by atoms with Gasteiger partial charge in [0.15, 0.2) is 11.6 Å². The minimum atomic E-state index is -0.470. The van der Waals surface area contributed by atoms with Gasteiger partial charge in [-0.25, -0.2) is 9.37 Å². The van der Waals surface area contributed by atoms with E-state index >= 15 is 0 Å². The van der Waals surface area contributed by atoms with E-state index in [0.29, 0.717) is 17.1 Å². The Morgan fingerprint density at radius 1 is 1.17 bits per heavy atom. The Bertz CT molecular complexity index is 828. The van der Waals surface area contributed by atoms with Gasteiger partial charge in [-0.2, -0.15) is 0 Å². The molecule has 1 aromatic heterocycles. The van der Waals surface area contributed by atoms with Gasteiger partial charge in [0, 0.05) is 5.56 Å². The van der Waals surface area contributed by atoms with Crippen molar-refractivity contribution >= 4 is 6.08 Å². The van der Waals surface area contributed by atoms with E-state index in [4.69, 9.17) is 14.3 Å². The Morgan fingerprint density at radius 2 is 2.00 bits per heavy atom. The fourth-order valence-corrected chi connectivity index (χ4v) is 2.16. The molecule has 0 aliphatic carbocycles. The maximum absolute atomic E-state index is 14.0. The summed E-state index contributed by atoms with van der Waals surface area (Å²) in [6.07, 6.45) is 4.67. The van der Waals surface area contributed by atoms with Crippen molar-refractivity contribution in [1.29, 1.82) is 0 Å². The zero-order chi connectivity index (χ0) is 16.8. The van der Waals surface area contributed by atoms with Crippen molar-refractivity contribution in [1.82, 2.24) is 4.98 Å². The summed E-state index contributed by atoms with van der Waals surface area (Å²) in [6, 6.07) is 14.1. The maximum atomic E-state index is 14.0. The van der Waals surface area contributed by atoms with Crippen LogP contribution in [-0.2, 0) is 6.61 Å². The number of aromatic nitrogens is 1. The van der Waals surface area contributed by atoms with Crippen molar-refractivity contribution in [2.24, 2.45) is 0 Å². The number of oxazole rings is 1. The van der Waals surface area contributed by atoms with E-state index in [1.807, 2.05) is 30.3 Å². The van der Waals surface area contributed by atoms with Crippen LogP contribution in [0, 0.1) is 5.82 Å². The van der Waals surface area contributed by atoms with Gasteiger partial charge < -0.3 is 14.3 Å². The molecule has 0 amide bonds. The average molecular weight is 325 g/mol. The van der Waals surface area contributed by atoms with Gasteiger partial charge in [-0.3, -0.25) is 0 Å². The highest BCUT2D eigenvalue weighted by Crippen LogP contribution is 2.22. The summed E-state index contributed by atoms with van der Waals surface area (Å²) in [7, 11) is 0. The monoisotopic (exact) mass is 325 g/mol. The molecule has 3 rings (SSSR count). The second kappa shape index (κ2) is 7.57. The van der Waals surface area contributed by atoms with Crippen LogP contribution < -0.4 is 4.74 Å². The second-order valence-electron chi connectivity index (χ2n) is 5.07. The standard InChI is InChI=1S/C19H16FNO3/c20-17-11-14(5-4-10-22)8-9-18(17)23-12-16-13-24-19(21-16)15-6-2-1-3-7-15/h1-9,11,13,22H,10,12H2. The first-order valence-corrected chi connectivity index (χ1v) is 7.46. The van der Waals surface area contributed by atoms with Crippen molar-refractivity contribution in [2.75, 3.05) is 6.61 Å². The molecule has 0 radical (unpaired) electrons. The topological polar surface area (TPSA) is 55.5 Å². The predicted octanol–water partition coefficient (Wildman–Crippen LogP) is 4.07. The van der Waals surface area contributed by atoms with Gasteiger partial charge >= 0.3 is 0 Å². The number of rotatable bonds is 6. The van der Waals surface area contributed by atoms with Crippen LogP contribution in [0.1, 0.15) is 11.3 Å². The Balaban J connectivity index is 1.66. The molecular formula is C19H16FNO3. The molecule has 1 N–H and O–H groups in total. The third-order valence-corrected chi connectivity index (χ3v) is 3.32. The van der Waals surface area contributed by atoms with Crippen LogP contribution >= 0.6 is 0 Å². The van der Waals surface area contributed by atoms with E-state index in [2.05, 4.69) is 4.98 Å². The van der Waals surface area contributed by atoms with Crippen molar-refractivity contribution < 1.29 is 18.7 Å². The number of ether oxygens (including phenoxy) is 1. The minimum absolute atomic E-state index is 0.0875. The lowest BCUT2D eigenvalue weighted by Gasteiger charge is -2.05.